The van der Waals surface area contributed by atoms with E-state index in [0.29, 0.717) is 22.5 Å². The fourth-order valence-electron chi connectivity index (χ4n) is 3.23. The van der Waals surface area contributed by atoms with Gasteiger partial charge in [-0.3, -0.25) is 14.4 Å². The van der Waals surface area contributed by atoms with Crippen LogP contribution in [0.25, 0.3) is 0 Å². The molecule has 3 rings (SSSR count). The summed E-state index contributed by atoms with van der Waals surface area (Å²) < 4.78 is 0. The molecule has 3 amide bonds. The van der Waals surface area contributed by atoms with Crippen molar-refractivity contribution in [2.24, 2.45) is 0 Å². The molecule has 0 fully saturated rings. The third kappa shape index (κ3) is 3.86. The van der Waals surface area contributed by atoms with E-state index in [0.717, 1.165) is 0 Å². The van der Waals surface area contributed by atoms with Gasteiger partial charge >= 0.3 is 0 Å². The molecule has 142 valence electrons. The van der Waals surface area contributed by atoms with Gasteiger partial charge in [-0.1, -0.05) is 12.1 Å². The molecule has 7 heteroatoms. The van der Waals surface area contributed by atoms with Crippen LogP contribution in [0.1, 0.15) is 29.3 Å². The van der Waals surface area contributed by atoms with Crippen molar-refractivity contribution in [1.29, 1.82) is 5.26 Å². The number of carbonyl (C=O) groups excluding carboxylic acids is 3. The Hall–Kier alpha value is -3.66. The molecule has 2 aromatic carbocycles. The smallest absolute Gasteiger partial charge is 0.254 e. The van der Waals surface area contributed by atoms with Crippen molar-refractivity contribution in [1.82, 2.24) is 4.90 Å². The van der Waals surface area contributed by atoms with Crippen molar-refractivity contribution in [2.45, 2.75) is 19.4 Å². The minimum atomic E-state index is -0.338. The quantitative estimate of drug-likeness (QED) is 0.890. The second kappa shape index (κ2) is 7.92. The maximum absolute atomic E-state index is 13.0. The van der Waals surface area contributed by atoms with Crippen molar-refractivity contribution in [2.75, 3.05) is 23.8 Å². The molecule has 7 nitrogen and oxygen atoms in total. The van der Waals surface area contributed by atoms with Crippen LogP contribution in [0.3, 0.4) is 0 Å². The highest BCUT2D eigenvalue weighted by Gasteiger charge is 2.30. The molecule has 28 heavy (non-hydrogen) atoms. The highest BCUT2D eigenvalue weighted by atomic mass is 16.2. The number of nitrogens with zero attached hydrogens (tertiary/aromatic N) is 3. The zero-order valence-electron chi connectivity index (χ0n) is 15.7. The predicted octanol–water partition coefficient (Wildman–Crippen LogP) is 2.39. The molecule has 2 aromatic rings. The Labute approximate surface area is 163 Å². The largest absolute Gasteiger partial charge is 0.332 e. The number of carbonyl (C=O) groups is 3. The number of benzene rings is 2. The van der Waals surface area contributed by atoms with Crippen LogP contribution in [-0.4, -0.2) is 42.3 Å². The molecule has 1 N–H and O–H groups in total. The lowest BCUT2D eigenvalue weighted by Crippen LogP contribution is -2.45. The van der Waals surface area contributed by atoms with E-state index in [2.05, 4.69) is 5.32 Å². The Morgan fingerprint density at radius 2 is 1.89 bits per heavy atom. The van der Waals surface area contributed by atoms with Gasteiger partial charge in [-0.25, -0.2) is 0 Å². The van der Waals surface area contributed by atoms with Gasteiger partial charge < -0.3 is 15.1 Å². The fraction of sp³-hybridized carbons (Fsp3) is 0.238. The minimum absolute atomic E-state index is 0.133. The first-order chi connectivity index (χ1) is 13.4. The maximum Gasteiger partial charge on any atom is 0.254 e. The summed E-state index contributed by atoms with van der Waals surface area (Å²) in [5.74, 6) is -0.749. The van der Waals surface area contributed by atoms with E-state index in [1.165, 1.54) is 4.90 Å². The maximum atomic E-state index is 13.0. The molecule has 1 heterocycles. The molecule has 0 saturated carbocycles. The van der Waals surface area contributed by atoms with E-state index < -0.39 is 0 Å². The predicted molar refractivity (Wildman–Crippen MR) is 105 cm³/mol. The van der Waals surface area contributed by atoms with Crippen LogP contribution in [0.2, 0.25) is 0 Å². The number of amides is 3. The van der Waals surface area contributed by atoms with Crippen LogP contribution in [-0.2, 0) is 9.59 Å². The van der Waals surface area contributed by atoms with Gasteiger partial charge in [0.25, 0.3) is 5.91 Å². The van der Waals surface area contributed by atoms with Crippen LogP contribution in [0, 0.1) is 11.3 Å². The van der Waals surface area contributed by atoms with Gasteiger partial charge in [0.1, 0.15) is 6.54 Å². The number of hydrogen-bond acceptors (Lipinski definition) is 4. The van der Waals surface area contributed by atoms with Crippen molar-refractivity contribution in [3.8, 4) is 6.07 Å². The number of anilines is 2. The number of fused-ring (bicyclic) bond motifs is 1. The van der Waals surface area contributed by atoms with E-state index in [4.69, 9.17) is 5.26 Å². The van der Waals surface area contributed by atoms with Crippen LogP contribution in [0.4, 0.5) is 11.4 Å². The molecular weight excluding hydrogens is 356 g/mol. The van der Waals surface area contributed by atoms with Gasteiger partial charge in [0.05, 0.1) is 23.0 Å². The summed E-state index contributed by atoms with van der Waals surface area (Å²) >= 11 is 0. The van der Waals surface area contributed by atoms with Crippen molar-refractivity contribution < 1.29 is 14.4 Å². The molecule has 0 bridgehead atoms. The van der Waals surface area contributed by atoms with Crippen molar-refractivity contribution in [3.63, 3.8) is 0 Å². The minimum Gasteiger partial charge on any atom is -0.332 e. The van der Waals surface area contributed by atoms with E-state index in [1.807, 2.05) is 13.0 Å². The van der Waals surface area contributed by atoms with Gasteiger partial charge in [0, 0.05) is 25.1 Å². The molecule has 0 aliphatic carbocycles. The zero-order chi connectivity index (χ0) is 20.3. The highest BCUT2D eigenvalue weighted by molar-refractivity contribution is 6.06. The van der Waals surface area contributed by atoms with Crippen molar-refractivity contribution >= 4 is 29.1 Å². The first-order valence-corrected chi connectivity index (χ1v) is 8.87. The van der Waals surface area contributed by atoms with Crippen LogP contribution in [0.5, 0.6) is 0 Å². The van der Waals surface area contributed by atoms with E-state index in [-0.39, 0.29) is 36.7 Å². The number of likely N-dealkylation sites (N-methyl/N-ethyl adjacent to an activating group) is 1. The number of hydrogen-bond donors (Lipinski definition) is 1. The zero-order valence-corrected chi connectivity index (χ0v) is 15.7. The van der Waals surface area contributed by atoms with Gasteiger partial charge in [-0.15, -0.1) is 0 Å². The van der Waals surface area contributed by atoms with Gasteiger partial charge in [0.2, 0.25) is 11.8 Å². The summed E-state index contributed by atoms with van der Waals surface area (Å²) in [5, 5.41) is 11.7. The first-order valence-electron chi connectivity index (χ1n) is 8.87. The Bertz CT molecular complexity index is 962. The Morgan fingerprint density at radius 1 is 1.21 bits per heavy atom. The van der Waals surface area contributed by atoms with Gasteiger partial charge in [0.15, 0.2) is 0 Å². The molecule has 1 aliphatic heterocycles. The molecule has 1 aliphatic rings. The first kappa shape index (κ1) is 19.1. The Kier molecular flexibility index (Phi) is 5.41. The number of rotatable bonds is 3. The third-order valence-corrected chi connectivity index (χ3v) is 4.61. The van der Waals surface area contributed by atoms with Gasteiger partial charge in [-0.2, -0.15) is 5.26 Å². The molecule has 1 atom stereocenters. The molecule has 0 saturated heterocycles. The lowest BCUT2D eigenvalue weighted by molar-refractivity contribution is -0.119. The number of nitriles is 1. The van der Waals surface area contributed by atoms with Gasteiger partial charge in [-0.05, 0) is 43.3 Å². The lowest BCUT2D eigenvalue weighted by atomic mass is 10.1. The molecule has 0 radical (unpaired) electrons. The monoisotopic (exact) mass is 376 g/mol. The lowest BCUT2D eigenvalue weighted by Gasteiger charge is -2.29. The summed E-state index contributed by atoms with van der Waals surface area (Å²) in [6.07, 6.45) is 0.174. The molecule has 0 spiro atoms. The molecule has 0 unspecified atom stereocenters. The third-order valence-electron chi connectivity index (χ3n) is 4.61. The summed E-state index contributed by atoms with van der Waals surface area (Å²) in [6.45, 7) is 1.67. The Balaban J connectivity index is 1.80. The molecule has 0 aromatic heterocycles. The SMILES string of the molecule is C[C@@H]1CC(=O)Nc2ccccc2N1C(=O)CN(C)C(=O)c1ccc(C#N)cc1. The standard InChI is InChI=1S/C21H20N4O3/c1-14-11-19(26)23-17-5-3-4-6-18(17)25(14)20(27)13-24(2)21(28)16-9-7-15(12-22)8-10-16/h3-10,14H,11,13H2,1-2H3,(H,23,26)/t14-/m1/s1. The summed E-state index contributed by atoms with van der Waals surface area (Å²) in [4.78, 5) is 40.6. The average molecular weight is 376 g/mol. The highest BCUT2D eigenvalue weighted by Crippen LogP contribution is 2.31. The average Bonchev–Trinajstić information content (AvgIpc) is 2.81. The Morgan fingerprint density at radius 3 is 2.57 bits per heavy atom. The summed E-state index contributed by atoms with van der Waals surface area (Å²) in [6, 6.07) is 15.0. The van der Waals surface area contributed by atoms with E-state index in [9.17, 15) is 14.4 Å². The second-order valence-corrected chi connectivity index (χ2v) is 6.73. The van der Waals surface area contributed by atoms with E-state index >= 15 is 0 Å². The van der Waals surface area contributed by atoms with Crippen molar-refractivity contribution in [3.05, 3.63) is 59.7 Å². The van der Waals surface area contributed by atoms with Crippen LogP contribution in [0.15, 0.2) is 48.5 Å². The second-order valence-electron chi connectivity index (χ2n) is 6.73. The number of para-hydroxylation sites is 2. The normalized spacial score (nSPS) is 15.7. The summed E-state index contributed by atoms with van der Waals surface area (Å²) in [7, 11) is 1.55. The number of nitrogens with one attached hydrogen (secondary N) is 1. The molecular formula is C21H20N4O3. The fourth-order valence-corrected chi connectivity index (χ4v) is 3.23. The van der Waals surface area contributed by atoms with Crippen LogP contribution >= 0.6 is 0 Å². The van der Waals surface area contributed by atoms with Crippen LogP contribution < -0.4 is 10.2 Å². The topological polar surface area (TPSA) is 93.5 Å². The summed E-state index contributed by atoms with van der Waals surface area (Å²) in [5.41, 5.74) is 2.05. The van der Waals surface area contributed by atoms with E-state index in [1.54, 1.807) is 60.5 Å².